The van der Waals surface area contributed by atoms with E-state index >= 15 is 0 Å². The molecule has 9 N–H and O–H groups in total. The second-order valence-electron chi connectivity index (χ2n) is 22.0. The van der Waals surface area contributed by atoms with Crippen LogP contribution < -0.4 is 0 Å². The third-order valence-corrected chi connectivity index (χ3v) is 18.5. The minimum Gasteiger partial charge on any atom is -0.458 e. The molecule has 15 nitrogen and oxygen atoms in total. The number of fused-ring (bicyclic) bond motifs is 7. The zero-order valence-corrected chi connectivity index (χ0v) is 37.6. The van der Waals surface area contributed by atoms with Crippen molar-refractivity contribution in [3.63, 3.8) is 0 Å². The van der Waals surface area contributed by atoms with Crippen molar-refractivity contribution in [2.75, 3.05) is 26.4 Å². The first kappa shape index (κ1) is 47.4. The van der Waals surface area contributed by atoms with E-state index in [1.54, 1.807) is 24.3 Å². The molecule has 0 aromatic heterocycles. The van der Waals surface area contributed by atoms with Gasteiger partial charge in [-0.25, -0.2) is 4.79 Å². The van der Waals surface area contributed by atoms with Gasteiger partial charge < -0.3 is 69.6 Å². The van der Waals surface area contributed by atoms with E-state index in [0.717, 1.165) is 25.7 Å². The van der Waals surface area contributed by atoms with E-state index in [1.165, 1.54) is 5.57 Å². The highest BCUT2D eigenvalue weighted by molar-refractivity contribution is 5.89. The minimum atomic E-state index is -1.74. The SMILES string of the molecule is CC1(C)CC2C3=CCC4C5(C)CCC(OC6OCC(O)C(OC7OC(CO)C(O)C(O)C7O)C6O)C(C)(CO)C5CCC4(C)C3(C)CC(OC(=O)c3ccccc3)C2(CO)CC1O. The van der Waals surface area contributed by atoms with Gasteiger partial charge in [-0.05, 0) is 103 Å². The second kappa shape index (κ2) is 16.9. The highest BCUT2D eigenvalue weighted by Crippen LogP contribution is 2.76. The Hall–Kier alpha value is -2.09. The quantitative estimate of drug-likeness (QED) is 0.0981. The van der Waals surface area contributed by atoms with E-state index in [4.69, 9.17) is 23.7 Å². The zero-order chi connectivity index (χ0) is 45.7. The molecule has 15 heteroatoms. The number of ether oxygens (including phenoxy) is 5. The number of rotatable bonds is 9. The molecular weight excluding hydrogens is 817 g/mol. The van der Waals surface area contributed by atoms with Crippen LogP contribution in [0.25, 0.3) is 0 Å². The fourth-order valence-electron chi connectivity index (χ4n) is 14.4. The summed E-state index contributed by atoms with van der Waals surface area (Å²) < 4.78 is 30.4. The molecule has 4 saturated carbocycles. The number of hydrogen-bond acceptors (Lipinski definition) is 15. The van der Waals surface area contributed by atoms with E-state index in [1.807, 2.05) is 13.0 Å². The van der Waals surface area contributed by atoms with Gasteiger partial charge in [-0.3, -0.25) is 0 Å². The average Bonchev–Trinajstić information content (AvgIpc) is 3.25. The number of benzene rings is 1. The van der Waals surface area contributed by atoms with Gasteiger partial charge in [-0.2, -0.15) is 0 Å². The monoisotopic (exact) mass is 888 g/mol. The van der Waals surface area contributed by atoms with Gasteiger partial charge in [0.1, 0.15) is 48.8 Å². The number of aliphatic hydroxyl groups is 9. The maximum atomic E-state index is 13.9. The molecule has 1 aromatic rings. The van der Waals surface area contributed by atoms with E-state index in [-0.39, 0.29) is 48.4 Å². The number of aliphatic hydroxyl groups excluding tert-OH is 9. The predicted octanol–water partition coefficient (Wildman–Crippen LogP) is 2.21. The maximum Gasteiger partial charge on any atom is 0.338 e. The molecule has 1 aromatic carbocycles. The molecule has 2 saturated heterocycles. The normalized spacial score (nSPS) is 50.5. The standard InChI is InChI=1S/C48H72O15/c1-43(2)18-27-26-12-13-31-44(3)16-15-33(62-41-38(57)39(28(52)22-59-41)63-42-37(56)36(55)35(54)29(21-49)60-42)45(4,23-50)30(44)14-17-46(31,5)47(26,6)20-34(48(27,24-51)19-32(43)53)61-40(58)25-10-8-7-9-11-25/h7-12,27-39,41-42,49-57H,13-24H2,1-6H3. The smallest absolute Gasteiger partial charge is 0.338 e. The lowest BCUT2D eigenvalue weighted by Crippen LogP contribution is -2.69. The Morgan fingerprint density at radius 1 is 0.762 bits per heavy atom. The Morgan fingerprint density at radius 3 is 2.14 bits per heavy atom. The molecular formula is C48H72O15. The van der Waals surface area contributed by atoms with Crippen LogP contribution in [0.2, 0.25) is 0 Å². The first-order valence-corrected chi connectivity index (χ1v) is 23.1. The van der Waals surface area contributed by atoms with Gasteiger partial charge >= 0.3 is 5.97 Å². The van der Waals surface area contributed by atoms with Crippen molar-refractivity contribution < 1.29 is 74.4 Å². The van der Waals surface area contributed by atoms with Gasteiger partial charge in [0, 0.05) is 10.8 Å². The first-order chi connectivity index (χ1) is 29.7. The van der Waals surface area contributed by atoms with Crippen LogP contribution in [0.5, 0.6) is 0 Å². The summed E-state index contributed by atoms with van der Waals surface area (Å²) in [5.74, 6) is -0.437. The lowest BCUT2D eigenvalue weighted by molar-refractivity contribution is -0.358. The fourth-order valence-corrected chi connectivity index (χ4v) is 14.4. The molecule has 8 rings (SSSR count). The first-order valence-electron chi connectivity index (χ1n) is 23.1. The molecule has 20 atom stereocenters. The van der Waals surface area contributed by atoms with Crippen molar-refractivity contribution >= 4 is 5.97 Å². The number of carbonyl (C=O) groups is 1. The number of allylic oxidation sites excluding steroid dienone is 2. The zero-order valence-electron chi connectivity index (χ0n) is 37.6. The summed E-state index contributed by atoms with van der Waals surface area (Å²) in [6.45, 7) is 11.9. The summed E-state index contributed by atoms with van der Waals surface area (Å²) in [5.41, 5.74) is -1.35. The van der Waals surface area contributed by atoms with Gasteiger partial charge in [0.05, 0.1) is 44.2 Å². The van der Waals surface area contributed by atoms with Crippen LogP contribution in [-0.4, -0.2) is 152 Å². The summed E-state index contributed by atoms with van der Waals surface area (Å²) in [6.07, 6.45) is -8.01. The van der Waals surface area contributed by atoms with Gasteiger partial charge in [0.25, 0.3) is 0 Å². The molecule has 7 aliphatic rings. The van der Waals surface area contributed by atoms with Crippen LogP contribution in [0.15, 0.2) is 42.0 Å². The number of hydrogen-bond donors (Lipinski definition) is 9. The Balaban J connectivity index is 1.06. The van der Waals surface area contributed by atoms with Crippen LogP contribution in [-0.2, 0) is 23.7 Å². The molecule has 2 heterocycles. The second-order valence-corrected chi connectivity index (χ2v) is 22.0. The molecule has 0 radical (unpaired) electrons. The molecule has 5 aliphatic carbocycles. The number of esters is 1. The van der Waals surface area contributed by atoms with Gasteiger partial charge in [0.2, 0.25) is 0 Å². The summed E-state index contributed by atoms with van der Waals surface area (Å²) in [7, 11) is 0. The van der Waals surface area contributed by atoms with Crippen molar-refractivity contribution in [1.82, 2.24) is 0 Å². The summed E-state index contributed by atoms with van der Waals surface area (Å²) >= 11 is 0. The van der Waals surface area contributed by atoms with Crippen molar-refractivity contribution in [2.24, 2.45) is 50.2 Å². The number of carbonyl (C=O) groups excluding carboxylic acids is 1. The Labute approximate surface area is 370 Å². The van der Waals surface area contributed by atoms with Gasteiger partial charge in [0.15, 0.2) is 12.6 Å². The van der Waals surface area contributed by atoms with Crippen LogP contribution >= 0.6 is 0 Å². The maximum absolute atomic E-state index is 13.9. The summed E-state index contributed by atoms with van der Waals surface area (Å²) in [4.78, 5) is 13.9. The van der Waals surface area contributed by atoms with Crippen molar-refractivity contribution in [1.29, 1.82) is 0 Å². The molecule has 20 unspecified atom stereocenters. The summed E-state index contributed by atoms with van der Waals surface area (Å²) in [6, 6.07) is 8.92. The van der Waals surface area contributed by atoms with Crippen LogP contribution in [0, 0.1) is 50.2 Å². The van der Waals surface area contributed by atoms with E-state index in [9.17, 15) is 50.8 Å². The molecule has 63 heavy (non-hydrogen) atoms. The lowest BCUT2D eigenvalue weighted by Gasteiger charge is -2.72. The van der Waals surface area contributed by atoms with Crippen molar-refractivity contribution in [2.45, 2.75) is 167 Å². The van der Waals surface area contributed by atoms with E-state index in [2.05, 4.69) is 40.7 Å². The molecule has 0 spiro atoms. The van der Waals surface area contributed by atoms with Crippen molar-refractivity contribution in [3.05, 3.63) is 47.5 Å². The molecule has 2 aliphatic heterocycles. The lowest BCUT2D eigenvalue weighted by atomic mass is 9.33. The Kier molecular flexibility index (Phi) is 12.7. The molecule has 6 fully saturated rings. The molecule has 0 amide bonds. The largest absolute Gasteiger partial charge is 0.458 e. The topological polar surface area (TPSA) is 245 Å². The highest BCUT2D eigenvalue weighted by atomic mass is 16.7. The average molecular weight is 889 g/mol. The Bertz CT molecular complexity index is 1840. The summed E-state index contributed by atoms with van der Waals surface area (Å²) in [5, 5.41) is 97.7. The highest BCUT2D eigenvalue weighted by Gasteiger charge is 2.72. The van der Waals surface area contributed by atoms with E-state index in [0.29, 0.717) is 31.2 Å². The van der Waals surface area contributed by atoms with E-state index < -0.39 is 108 Å². The molecule has 354 valence electrons. The predicted molar refractivity (Wildman–Crippen MR) is 225 cm³/mol. The van der Waals surface area contributed by atoms with Gasteiger partial charge in [-0.1, -0.05) is 71.4 Å². The Morgan fingerprint density at radius 2 is 1.48 bits per heavy atom. The van der Waals surface area contributed by atoms with Crippen LogP contribution in [0.1, 0.15) is 103 Å². The minimum absolute atomic E-state index is 0.0200. The van der Waals surface area contributed by atoms with Crippen LogP contribution in [0.3, 0.4) is 0 Å². The van der Waals surface area contributed by atoms with Crippen LogP contribution in [0.4, 0.5) is 0 Å². The van der Waals surface area contributed by atoms with Crippen molar-refractivity contribution in [3.8, 4) is 0 Å². The third-order valence-electron chi connectivity index (χ3n) is 18.5. The molecule has 0 bridgehead atoms. The third kappa shape index (κ3) is 7.30. The fraction of sp³-hybridized carbons (Fsp3) is 0.812. The van der Waals surface area contributed by atoms with Gasteiger partial charge in [-0.15, -0.1) is 0 Å².